The SMILES string of the molecule is COc1cccc(CCNC(=O)[C@H]2C[C@H]3CC[C@]2(C)C[C@]32NC(=O)c3ccccc3N2)c1. The van der Waals surface area contributed by atoms with Crippen LogP contribution in [-0.2, 0) is 11.2 Å². The Morgan fingerprint density at radius 3 is 2.84 bits per heavy atom. The first-order valence-corrected chi connectivity index (χ1v) is 11.5. The maximum Gasteiger partial charge on any atom is 0.255 e. The zero-order valence-electron chi connectivity index (χ0n) is 18.7. The lowest BCUT2D eigenvalue weighted by Crippen LogP contribution is -2.70. The average molecular weight is 434 g/mol. The van der Waals surface area contributed by atoms with E-state index < -0.39 is 5.66 Å². The Morgan fingerprint density at radius 1 is 1.19 bits per heavy atom. The predicted molar refractivity (Wildman–Crippen MR) is 124 cm³/mol. The van der Waals surface area contributed by atoms with Gasteiger partial charge in [-0.15, -0.1) is 0 Å². The van der Waals surface area contributed by atoms with Gasteiger partial charge in [0, 0.05) is 24.1 Å². The van der Waals surface area contributed by atoms with Gasteiger partial charge in [-0.05, 0) is 67.3 Å². The van der Waals surface area contributed by atoms with Crippen molar-refractivity contribution in [1.29, 1.82) is 0 Å². The minimum absolute atomic E-state index is 0.0187. The second-order valence-electron chi connectivity index (χ2n) is 9.84. The number of carbonyl (C=O) groups excluding carboxylic acids is 2. The van der Waals surface area contributed by atoms with E-state index in [4.69, 9.17) is 4.74 Å². The summed E-state index contributed by atoms with van der Waals surface area (Å²) < 4.78 is 5.29. The Bertz CT molecular complexity index is 1050. The van der Waals surface area contributed by atoms with Crippen molar-refractivity contribution in [3.05, 3.63) is 59.7 Å². The molecule has 0 radical (unpaired) electrons. The maximum atomic E-state index is 13.2. The third kappa shape index (κ3) is 3.51. The number of carbonyl (C=O) groups is 2. The molecule has 3 saturated carbocycles. The molecule has 2 aromatic rings. The van der Waals surface area contributed by atoms with Crippen molar-refractivity contribution in [2.45, 2.75) is 44.7 Å². The van der Waals surface area contributed by atoms with Crippen LogP contribution >= 0.6 is 0 Å². The lowest BCUT2D eigenvalue weighted by molar-refractivity contribution is -0.139. The summed E-state index contributed by atoms with van der Waals surface area (Å²) >= 11 is 0. The van der Waals surface area contributed by atoms with Crippen LogP contribution in [0.1, 0.15) is 48.5 Å². The van der Waals surface area contributed by atoms with E-state index in [2.05, 4.69) is 28.9 Å². The Labute approximate surface area is 189 Å². The molecule has 0 saturated heterocycles. The molecule has 0 aromatic heterocycles. The Morgan fingerprint density at radius 2 is 2.03 bits per heavy atom. The van der Waals surface area contributed by atoms with Crippen molar-refractivity contribution in [2.75, 3.05) is 19.0 Å². The highest BCUT2D eigenvalue weighted by molar-refractivity contribution is 6.02. The standard InChI is InChI=1S/C26H31N3O3/c1-25-12-10-18(26(16-25)28-22-9-4-3-8-20(22)23(30)29-26)15-21(25)24(31)27-13-11-17-6-5-7-19(14-17)32-2/h3-9,14,18,21,28H,10-13,15-16H2,1-2H3,(H,27,31)(H,29,30)/t18-,21-,25-,26+/m1/s1. The molecule has 1 aliphatic heterocycles. The molecule has 2 bridgehead atoms. The van der Waals surface area contributed by atoms with Gasteiger partial charge in [-0.3, -0.25) is 9.59 Å². The van der Waals surface area contributed by atoms with Gasteiger partial charge < -0.3 is 20.7 Å². The molecule has 32 heavy (non-hydrogen) atoms. The molecule has 6 nitrogen and oxygen atoms in total. The summed E-state index contributed by atoms with van der Waals surface area (Å²) in [6, 6.07) is 15.6. The zero-order chi connectivity index (χ0) is 22.3. The monoisotopic (exact) mass is 433 g/mol. The number of ether oxygens (including phenoxy) is 1. The molecule has 3 N–H and O–H groups in total. The van der Waals surface area contributed by atoms with E-state index in [0.717, 1.165) is 49.1 Å². The molecule has 1 spiro atoms. The molecule has 6 rings (SSSR count). The number of methoxy groups -OCH3 is 1. The molecule has 6 heteroatoms. The van der Waals surface area contributed by atoms with Crippen molar-refractivity contribution in [3.8, 4) is 5.75 Å². The molecule has 3 aliphatic carbocycles. The number of para-hydroxylation sites is 1. The Kier molecular flexibility index (Phi) is 5.11. The summed E-state index contributed by atoms with van der Waals surface area (Å²) in [6.45, 7) is 2.82. The Balaban J connectivity index is 1.26. The lowest BCUT2D eigenvalue weighted by atomic mass is 9.51. The van der Waals surface area contributed by atoms with Crippen LogP contribution < -0.4 is 20.7 Å². The summed E-state index contributed by atoms with van der Waals surface area (Å²) in [5, 5.41) is 10.1. The van der Waals surface area contributed by atoms with E-state index in [0.29, 0.717) is 12.1 Å². The smallest absolute Gasteiger partial charge is 0.255 e. The van der Waals surface area contributed by atoms with Crippen LogP contribution in [0.4, 0.5) is 5.69 Å². The average Bonchev–Trinajstić information content (AvgIpc) is 2.79. The van der Waals surface area contributed by atoms with Crippen molar-refractivity contribution >= 4 is 17.5 Å². The van der Waals surface area contributed by atoms with Gasteiger partial charge in [-0.1, -0.05) is 31.2 Å². The van der Waals surface area contributed by atoms with Gasteiger partial charge in [0.15, 0.2) is 0 Å². The van der Waals surface area contributed by atoms with Crippen molar-refractivity contribution in [1.82, 2.24) is 10.6 Å². The molecule has 1 heterocycles. The summed E-state index contributed by atoms with van der Waals surface area (Å²) in [7, 11) is 1.66. The van der Waals surface area contributed by atoms with Gasteiger partial charge in [0.2, 0.25) is 5.91 Å². The van der Waals surface area contributed by atoms with E-state index in [9.17, 15) is 9.59 Å². The summed E-state index contributed by atoms with van der Waals surface area (Å²) in [5.41, 5.74) is 2.12. The molecule has 4 aliphatic rings. The molecule has 4 atom stereocenters. The van der Waals surface area contributed by atoms with Crippen LogP contribution in [0.2, 0.25) is 0 Å². The van der Waals surface area contributed by atoms with Crippen LogP contribution in [0.5, 0.6) is 5.75 Å². The predicted octanol–water partition coefficient (Wildman–Crippen LogP) is 3.73. The highest BCUT2D eigenvalue weighted by Gasteiger charge is 2.60. The highest BCUT2D eigenvalue weighted by Crippen LogP contribution is 2.58. The third-order valence-electron chi connectivity index (χ3n) is 7.83. The first kappa shape index (κ1) is 20.9. The van der Waals surface area contributed by atoms with Gasteiger partial charge >= 0.3 is 0 Å². The number of rotatable bonds is 5. The number of hydrogen-bond donors (Lipinski definition) is 3. The minimum Gasteiger partial charge on any atom is -0.497 e. The van der Waals surface area contributed by atoms with E-state index >= 15 is 0 Å². The maximum absolute atomic E-state index is 13.2. The van der Waals surface area contributed by atoms with Crippen LogP contribution in [0.25, 0.3) is 0 Å². The van der Waals surface area contributed by atoms with Crippen LogP contribution in [0.3, 0.4) is 0 Å². The fourth-order valence-corrected chi connectivity index (χ4v) is 6.13. The molecular weight excluding hydrogens is 402 g/mol. The van der Waals surface area contributed by atoms with Crippen LogP contribution in [0.15, 0.2) is 48.5 Å². The lowest BCUT2D eigenvalue weighted by Gasteiger charge is -2.60. The fraction of sp³-hybridized carbons (Fsp3) is 0.462. The number of nitrogens with one attached hydrogen (secondary N) is 3. The van der Waals surface area contributed by atoms with E-state index in [1.165, 1.54) is 0 Å². The van der Waals surface area contributed by atoms with Crippen LogP contribution in [0, 0.1) is 17.3 Å². The van der Waals surface area contributed by atoms with Crippen LogP contribution in [-0.4, -0.2) is 31.1 Å². The normalized spacial score (nSPS) is 30.2. The molecule has 0 unspecified atom stereocenters. The summed E-state index contributed by atoms with van der Waals surface area (Å²) in [6.07, 6.45) is 4.34. The largest absolute Gasteiger partial charge is 0.497 e. The quantitative estimate of drug-likeness (QED) is 0.671. The Hall–Kier alpha value is -3.02. The van der Waals surface area contributed by atoms with Gasteiger partial charge in [-0.2, -0.15) is 0 Å². The number of anilines is 1. The summed E-state index contributed by atoms with van der Waals surface area (Å²) in [5.74, 6) is 1.15. The van der Waals surface area contributed by atoms with E-state index in [1.807, 2.05) is 42.5 Å². The molecule has 2 aromatic carbocycles. The molecule has 2 amide bonds. The van der Waals surface area contributed by atoms with Crippen molar-refractivity contribution in [3.63, 3.8) is 0 Å². The second-order valence-corrected chi connectivity index (χ2v) is 9.84. The van der Waals surface area contributed by atoms with Gasteiger partial charge in [-0.25, -0.2) is 0 Å². The topological polar surface area (TPSA) is 79.5 Å². The van der Waals surface area contributed by atoms with Crippen molar-refractivity contribution < 1.29 is 14.3 Å². The highest BCUT2D eigenvalue weighted by atomic mass is 16.5. The number of amides is 2. The van der Waals surface area contributed by atoms with Gasteiger partial charge in [0.25, 0.3) is 5.91 Å². The number of fused-ring (bicyclic) bond motifs is 3. The molecular formula is C26H31N3O3. The fourth-order valence-electron chi connectivity index (χ4n) is 6.13. The minimum atomic E-state index is -0.462. The number of hydrogen-bond acceptors (Lipinski definition) is 4. The summed E-state index contributed by atoms with van der Waals surface area (Å²) in [4.78, 5) is 26.0. The van der Waals surface area contributed by atoms with E-state index in [-0.39, 0.29) is 29.1 Å². The first-order valence-electron chi connectivity index (χ1n) is 11.5. The first-order chi connectivity index (χ1) is 15.4. The molecule has 168 valence electrons. The second kappa shape index (κ2) is 7.84. The third-order valence-corrected chi connectivity index (χ3v) is 7.83. The number of benzene rings is 2. The van der Waals surface area contributed by atoms with Crippen molar-refractivity contribution in [2.24, 2.45) is 17.3 Å². The van der Waals surface area contributed by atoms with Gasteiger partial charge in [0.05, 0.1) is 12.7 Å². The zero-order valence-corrected chi connectivity index (χ0v) is 18.7. The molecule has 3 fully saturated rings. The van der Waals surface area contributed by atoms with Gasteiger partial charge in [0.1, 0.15) is 11.4 Å². The van der Waals surface area contributed by atoms with E-state index in [1.54, 1.807) is 7.11 Å².